The Kier molecular flexibility index (Phi) is 3.29. The first-order valence-electron chi connectivity index (χ1n) is 4.83. The standard InChI is InChI=1S/C11H17N3O/c1-8-5-6-13-9(7-8)14-10(12)15-11(2,3)4/h5-7H,1-4H3,(H2,12,13,14). The zero-order valence-corrected chi connectivity index (χ0v) is 9.61. The molecular formula is C11H17N3O. The monoisotopic (exact) mass is 207 g/mol. The van der Waals surface area contributed by atoms with Crippen LogP contribution in [-0.4, -0.2) is 16.6 Å². The van der Waals surface area contributed by atoms with E-state index in [2.05, 4.69) is 9.98 Å². The van der Waals surface area contributed by atoms with Crippen LogP contribution < -0.4 is 5.73 Å². The topological polar surface area (TPSA) is 60.5 Å². The van der Waals surface area contributed by atoms with E-state index in [1.165, 1.54) is 0 Å². The van der Waals surface area contributed by atoms with Crippen molar-refractivity contribution in [2.75, 3.05) is 0 Å². The average molecular weight is 207 g/mol. The summed E-state index contributed by atoms with van der Waals surface area (Å²) in [6.07, 6.45) is 1.69. The van der Waals surface area contributed by atoms with Crippen LogP contribution in [0.25, 0.3) is 0 Å². The van der Waals surface area contributed by atoms with E-state index in [0.717, 1.165) is 5.56 Å². The summed E-state index contributed by atoms with van der Waals surface area (Å²) >= 11 is 0. The predicted molar refractivity (Wildman–Crippen MR) is 61.1 cm³/mol. The molecule has 0 saturated carbocycles. The van der Waals surface area contributed by atoms with Gasteiger partial charge in [-0.1, -0.05) is 0 Å². The number of aryl methyl sites for hydroxylation is 1. The molecular weight excluding hydrogens is 190 g/mol. The summed E-state index contributed by atoms with van der Waals surface area (Å²) in [5, 5.41) is 0. The van der Waals surface area contributed by atoms with Crippen molar-refractivity contribution in [2.45, 2.75) is 33.3 Å². The van der Waals surface area contributed by atoms with E-state index < -0.39 is 0 Å². The van der Waals surface area contributed by atoms with E-state index in [0.29, 0.717) is 5.82 Å². The van der Waals surface area contributed by atoms with Gasteiger partial charge in [-0.3, -0.25) is 0 Å². The van der Waals surface area contributed by atoms with Gasteiger partial charge in [0.05, 0.1) is 0 Å². The van der Waals surface area contributed by atoms with Gasteiger partial charge in [-0.2, -0.15) is 4.99 Å². The first kappa shape index (κ1) is 11.5. The Labute approximate surface area is 90.2 Å². The van der Waals surface area contributed by atoms with Crippen molar-refractivity contribution in [3.63, 3.8) is 0 Å². The van der Waals surface area contributed by atoms with Crippen LogP contribution in [-0.2, 0) is 4.74 Å². The Morgan fingerprint density at radius 2 is 2.13 bits per heavy atom. The highest BCUT2D eigenvalue weighted by molar-refractivity contribution is 5.74. The molecule has 1 aromatic heterocycles. The van der Waals surface area contributed by atoms with Gasteiger partial charge in [0.25, 0.3) is 6.02 Å². The second kappa shape index (κ2) is 4.29. The van der Waals surface area contributed by atoms with Gasteiger partial charge < -0.3 is 10.5 Å². The molecule has 2 N–H and O–H groups in total. The molecule has 0 aliphatic carbocycles. The third kappa shape index (κ3) is 4.44. The van der Waals surface area contributed by atoms with Gasteiger partial charge in [0.15, 0.2) is 5.82 Å². The molecule has 0 saturated heterocycles. The van der Waals surface area contributed by atoms with E-state index in [9.17, 15) is 0 Å². The van der Waals surface area contributed by atoms with Crippen LogP contribution in [0.3, 0.4) is 0 Å². The first-order valence-corrected chi connectivity index (χ1v) is 4.83. The summed E-state index contributed by atoms with van der Waals surface area (Å²) in [7, 11) is 0. The SMILES string of the molecule is Cc1ccnc(N=C(N)OC(C)(C)C)c1. The fraction of sp³-hybridized carbons (Fsp3) is 0.455. The summed E-state index contributed by atoms with van der Waals surface area (Å²) in [5.74, 6) is 0.566. The minimum absolute atomic E-state index is 0.139. The molecule has 4 nitrogen and oxygen atoms in total. The lowest BCUT2D eigenvalue weighted by atomic mass is 10.2. The number of nitrogens with zero attached hydrogens (tertiary/aromatic N) is 2. The Bertz CT molecular complexity index is 366. The summed E-state index contributed by atoms with van der Waals surface area (Å²) in [6, 6.07) is 3.89. The highest BCUT2D eigenvalue weighted by atomic mass is 16.5. The van der Waals surface area contributed by atoms with Crippen LogP contribution in [0.2, 0.25) is 0 Å². The van der Waals surface area contributed by atoms with Crippen molar-refractivity contribution >= 4 is 11.8 Å². The van der Waals surface area contributed by atoms with Crippen molar-refractivity contribution < 1.29 is 4.74 Å². The van der Waals surface area contributed by atoms with Gasteiger partial charge in [0, 0.05) is 6.20 Å². The van der Waals surface area contributed by atoms with Gasteiger partial charge in [-0.25, -0.2) is 4.98 Å². The van der Waals surface area contributed by atoms with Gasteiger partial charge in [0.2, 0.25) is 0 Å². The third-order valence-electron chi connectivity index (χ3n) is 1.54. The number of ether oxygens (including phenoxy) is 1. The number of hydrogen-bond donors (Lipinski definition) is 1. The summed E-state index contributed by atoms with van der Waals surface area (Å²) in [4.78, 5) is 8.13. The molecule has 0 aliphatic heterocycles. The van der Waals surface area contributed by atoms with E-state index in [4.69, 9.17) is 10.5 Å². The summed E-state index contributed by atoms with van der Waals surface area (Å²) in [5.41, 5.74) is 6.38. The molecule has 0 unspecified atom stereocenters. The molecule has 82 valence electrons. The number of hydrogen-bond acceptors (Lipinski definition) is 3. The molecule has 4 heteroatoms. The lowest BCUT2D eigenvalue weighted by Gasteiger charge is -2.19. The van der Waals surface area contributed by atoms with Crippen LogP contribution in [0.5, 0.6) is 0 Å². The Hall–Kier alpha value is -1.58. The Morgan fingerprint density at radius 3 is 2.67 bits per heavy atom. The molecule has 0 fully saturated rings. The first-order chi connectivity index (χ1) is 6.87. The molecule has 0 aliphatic rings. The Balaban J connectivity index is 2.79. The lowest BCUT2D eigenvalue weighted by Crippen LogP contribution is -2.28. The largest absolute Gasteiger partial charge is 0.459 e. The van der Waals surface area contributed by atoms with Crippen LogP contribution in [0.15, 0.2) is 23.3 Å². The molecule has 15 heavy (non-hydrogen) atoms. The molecule has 0 amide bonds. The molecule has 1 aromatic rings. The normalized spacial score (nSPS) is 12.7. The number of amidine groups is 1. The molecule has 1 rings (SSSR count). The lowest BCUT2D eigenvalue weighted by molar-refractivity contribution is 0.114. The second-order valence-corrected chi connectivity index (χ2v) is 4.36. The van der Waals surface area contributed by atoms with E-state index >= 15 is 0 Å². The molecule has 0 spiro atoms. The third-order valence-corrected chi connectivity index (χ3v) is 1.54. The van der Waals surface area contributed by atoms with E-state index in [1.54, 1.807) is 6.20 Å². The zero-order chi connectivity index (χ0) is 11.5. The van der Waals surface area contributed by atoms with Crippen LogP contribution in [0.4, 0.5) is 5.82 Å². The zero-order valence-electron chi connectivity index (χ0n) is 9.61. The Morgan fingerprint density at radius 1 is 1.47 bits per heavy atom. The number of nitrogens with two attached hydrogens (primary N) is 1. The summed E-state index contributed by atoms with van der Waals surface area (Å²) in [6.45, 7) is 7.72. The van der Waals surface area contributed by atoms with Crippen LogP contribution >= 0.6 is 0 Å². The quantitative estimate of drug-likeness (QED) is 0.567. The fourth-order valence-corrected chi connectivity index (χ4v) is 1.03. The number of pyridine rings is 1. The smallest absolute Gasteiger partial charge is 0.289 e. The highest BCUT2D eigenvalue weighted by Gasteiger charge is 2.12. The van der Waals surface area contributed by atoms with Crippen molar-refractivity contribution in [2.24, 2.45) is 10.7 Å². The molecule has 0 bridgehead atoms. The number of aromatic nitrogens is 1. The van der Waals surface area contributed by atoms with Crippen molar-refractivity contribution in [1.29, 1.82) is 0 Å². The minimum Gasteiger partial charge on any atom is -0.459 e. The van der Waals surface area contributed by atoms with Crippen LogP contribution in [0.1, 0.15) is 26.3 Å². The van der Waals surface area contributed by atoms with Gasteiger partial charge in [-0.05, 0) is 45.4 Å². The van der Waals surface area contributed by atoms with Crippen LogP contribution in [0, 0.1) is 6.92 Å². The maximum atomic E-state index is 5.63. The number of rotatable bonds is 1. The van der Waals surface area contributed by atoms with Crippen molar-refractivity contribution in [1.82, 2.24) is 4.98 Å². The molecule has 0 aromatic carbocycles. The fourth-order valence-electron chi connectivity index (χ4n) is 1.03. The predicted octanol–water partition coefficient (Wildman–Crippen LogP) is 2.15. The highest BCUT2D eigenvalue weighted by Crippen LogP contribution is 2.11. The van der Waals surface area contributed by atoms with Crippen molar-refractivity contribution in [3.05, 3.63) is 23.9 Å². The molecule has 0 atom stereocenters. The van der Waals surface area contributed by atoms with Crippen molar-refractivity contribution in [3.8, 4) is 0 Å². The van der Waals surface area contributed by atoms with E-state index in [1.807, 2.05) is 39.8 Å². The number of aliphatic imine (C=N–C) groups is 1. The van der Waals surface area contributed by atoms with Gasteiger partial charge >= 0.3 is 0 Å². The van der Waals surface area contributed by atoms with Gasteiger partial charge in [-0.15, -0.1) is 0 Å². The van der Waals surface area contributed by atoms with Gasteiger partial charge in [0.1, 0.15) is 5.60 Å². The summed E-state index contributed by atoms with van der Waals surface area (Å²) < 4.78 is 5.37. The van der Waals surface area contributed by atoms with E-state index in [-0.39, 0.29) is 11.6 Å². The maximum absolute atomic E-state index is 5.63. The second-order valence-electron chi connectivity index (χ2n) is 4.36. The average Bonchev–Trinajstić information content (AvgIpc) is 1.99. The minimum atomic E-state index is -0.336. The maximum Gasteiger partial charge on any atom is 0.289 e. The molecule has 0 radical (unpaired) electrons. The molecule has 1 heterocycles.